The third-order valence-corrected chi connectivity index (χ3v) is 3.33. The molecule has 1 unspecified atom stereocenters. The summed E-state index contributed by atoms with van der Waals surface area (Å²) < 4.78 is 14.7. The van der Waals surface area contributed by atoms with Gasteiger partial charge >= 0.3 is 0 Å². The molecule has 0 radical (unpaired) electrons. The first kappa shape index (κ1) is 9.06. The Morgan fingerprint density at radius 3 is 2.46 bits per heavy atom. The minimum absolute atomic E-state index is 0.488. The van der Waals surface area contributed by atoms with Crippen molar-refractivity contribution in [2.75, 3.05) is 0 Å². The molecular formula is C10H13NOS. The Kier molecular flexibility index (Phi) is 2.58. The molecule has 0 saturated heterocycles. The monoisotopic (exact) mass is 195 g/mol. The quantitative estimate of drug-likeness (QED) is 0.746. The molecule has 2 nitrogen and oxygen atoms in total. The fourth-order valence-corrected chi connectivity index (χ4v) is 2.14. The highest BCUT2D eigenvalue weighted by atomic mass is 32.2. The molecule has 1 fully saturated rings. The Labute approximate surface area is 81.7 Å². The molecular weight excluding hydrogens is 182 g/mol. The van der Waals surface area contributed by atoms with Crippen molar-refractivity contribution >= 4 is 11.4 Å². The standard InChI is InChI=1S/C10H13NOS/c1-8-2-6-10(7-3-8)13(12)11-9-4-5-9/h2-3,6-7,9,11H,4-5H2,1H3. The minimum atomic E-state index is -1.01. The first-order valence-electron chi connectivity index (χ1n) is 4.50. The first-order chi connectivity index (χ1) is 6.25. The molecule has 1 saturated carbocycles. The lowest BCUT2D eigenvalue weighted by molar-refractivity contribution is 0.580. The third kappa shape index (κ3) is 2.46. The summed E-state index contributed by atoms with van der Waals surface area (Å²) in [7, 11) is 0. The molecule has 1 aliphatic rings. The van der Waals surface area contributed by atoms with E-state index in [9.17, 15) is 4.55 Å². The Morgan fingerprint density at radius 1 is 1.31 bits per heavy atom. The Morgan fingerprint density at radius 2 is 1.92 bits per heavy atom. The molecule has 0 spiro atoms. The molecule has 0 amide bonds. The van der Waals surface area contributed by atoms with Gasteiger partial charge in [0.1, 0.15) is 0 Å². The summed E-state index contributed by atoms with van der Waals surface area (Å²) in [6.45, 7) is 2.03. The molecule has 1 N–H and O–H groups in total. The van der Waals surface area contributed by atoms with E-state index in [1.807, 2.05) is 31.2 Å². The third-order valence-electron chi connectivity index (χ3n) is 2.09. The molecule has 0 heterocycles. The highest BCUT2D eigenvalue weighted by molar-refractivity contribution is 7.89. The lowest BCUT2D eigenvalue weighted by Crippen LogP contribution is -2.25. The second-order valence-corrected chi connectivity index (χ2v) is 4.72. The van der Waals surface area contributed by atoms with Gasteiger partial charge in [0.25, 0.3) is 0 Å². The van der Waals surface area contributed by atoms with E-state index in [0.717, 1.165) is 17.7 Å². The van der Waals surface area contributed by atoms with Crippen molar-refractivity contribution in [2.45, 2.75) is 30.7 Å². The normalized spacial score (nSPS) is 18.6. The summed E-state index contributed by atoms with van der Waals surface area (Å²) in [5, 5.41) is 0. The van der Waals surface area contributed by atoms with Crippen molar-refractivity contribution in [3.63, 3.8) is 0 Å². The molecule has 1 aliphatic carbocycles. The number of benzene rings is 1. The molecule has 1 atom stereocenters. The maximum absolute atomic E-state index is 11.6. The van der Waals surface area contributed by atoms with Gasteiger partial charge in [-0.15, -0.1) is 4.72 Å². The van der Waals surface area contributed by atoms with Crippen molar-refractivity contribution < 1.29 is 4.55 Å². The van der Waals surface area contributed by atoms with Gasteiger partial charge in [-0.05, 0) is 31.9 Å². The number of hydrogen-bond donors (Lipinski definition) is 1. The number of aryl methyl sites for hydroxylation is 1. The van der Waals surface area contributed by atoms with Crippen LogP contribution in [-0.2, 0) is 11.4 Å². The molecule has 13 heavy (non-hydrogen) atoms. The zero-order chi connectivity index (χ0) is 9.26. The van der Waals surface area contributed by atoms with E-state index in [-0.39, 0.29) is 0 Å². The van der Waals surface area contributed by atoms with Crippen LogP contribution in [0.25, 0.3) is 0 Å². The zero-order valence-corrected chi connectivity index (χ0v) is 8.43. The summed E-state index contributed by atoms with van der Waals surface area (Å²) in [5.41, 5.74) is 1.20. The largest absolute Gasteiger partial charge is 0.593 e. The molecule has 0 aliphatic heterocycles. The first-order valence-corrected chi connectivity index (χ1v) is 5.65. The second kappa shape index (κ2) is 3.70. The van der Waals surface area contributed by atoms with Gasteiger partial charge in [-0.1, -0.05) is 17.7 Å². The summed E-state index contributed by atoms with van der Waals surface area (Å²) in [4.78, 5) is 0.873. The Bertz CT molecular complexity index is 281. The predicted octanol–water partition coefficient (Wildman–Crippen LogP) is 1.77. The van der Waals surface area contributed by atoms with Gasteiger partial charge in [-0.2, -0.15) is 0 Å². The van der Waals surface area contributed by atoms with Gasteiger partial charge in [-0.3, -0.25) is 0 Å². The Hall–Kier alpha value is -0.510. The average Bonchev–Trinajstić information content (AvgIpc) is 2.89. The maximum Gasteiger partial charge on any atom is 0.173 e. The van der Waals surface area contributed by atoms with Crippen molar-refractivity contribution in [1.29, 1.82) is 0 Å². The molecule has 2 rings (SSSR count). The van der Waals surface area contributed by atoms with E-state index < -0.39 is 11.4 Å². The van der Waals surface area contributed by atoms with E-state index in [1.165, 1.54) is 5.56 Å². The van der Waals surface area contributed by atoms with Gasteiger partial charge < -0.3 is 4.55 Å². The lowest BCUT2D eigenvalue weighted by Gasteiger charge is -2.09. The average molecular weight is 195 g/mol. The fraction of sp³-hybridized carbons (Fsp3) is 0.400. The van der Waals surface area contributed by atoms with Crippen LogP contribution in [0.2, 0.25) is 0 Å². The minimum Gasteiger partial charge on any atom is -0.593 e. The van der Waals surface area contributed by atoms with E-state index in [2.05, 4.69) is 4.72 Å². The predicted molar refractivity (Wildman–Crippen MR) is 53.7 cm³/mol. The van der Waals surface area contributed by atoms with Crippen LogP contribution in [-0.4, -0.2) is 10.6 Å². The highest BCUT2D eigenvalue weighted by Crippen LogP contribution is 2.22. The number of nitrogens with one attached hydrogen (secondary N) is 1. The number of rotatable bonds is 3. The van der Waals surface area contributed by atoms with Gasteiger partial charge in [0.2, 0.25) is 0 Å². The van der Waals surface area contributed by atoms with E-state index in [0.29, 0.717) is 6.04 Å². The summed E-state index contributed by atoms with van der Waals surface area (Å²) >= 11 is -1.01. The topological polar surface area (TPSA) is 35.1 Å². The summed E-state index contributed by atoms with van der Waals surface area (Å²) in [6, 6.07) is 8.30. The van der Waals surface area contributed by atoms with Crippen LogP contribution in [0.15, 0.2) is 29.2 Å². The van der Waals surface area contributed by atoms with E-state index in [1.54, 1.807) is 0 Å². The van der Waals surface area contributed by atoms with E-state index in [4.69, 9.17) is 0 Å². The second-order valence-electron chi connectivity index (χ2n) is 3.47. The van der Waals surface area contributed by atoms with Crippen LogP contribution in [0.1, 0.15) is 18.4 Å². The van der Waals surface area contributed by atoms with Crippen LogP contribution >= 0.6 is 0 Å². The molecule has 70 valence electrons. The summed E-state index contributed by atoms with van der Waals surface area (Å²) in [5.74, 6) is 0. The molecule has 0 bridgehead atoms. The molecule has 1 aromatic rings. The SMILES string of the molecule is Cc1ccc([S+]([O-])NC2CC2)cc1. The van der Waals surface area contributed by atoms with Crippen LogP contribution in [0.5, 0.6) is 0 Å². The molecule has 1 aromatic carbocycles. The summed E-state index contributed by atoms with van der Waals surface area (Å²) in [6.07, 6.45) is 2.33. The number of hydrogen-bond acceptors (Lipinski definition) is 2. The van der Waals surface area contributed by atoms with Crippen molar-refractivity contribution in [1.82, 2.24) is 4.72 Å². The molecule has 0 aromatic heterocycles. The van der Waals surface area contributed by atoms with Crippen LogP contribution in [0.3, 0.4) is 0 Å². The van der Waals surface area contributed by atoms with Crippen molar-refractivity contribution in [2.24, 2.45) is 0 Å². The van der Waals surface area contributed by atoms with Gasteiger partial charge in [0, 0.05) is 0 Å². The fourth-order valence-electron chi connectivity index (χ4n) is 1.08. The van der Waals surface area contributed by atoms with Crippen molar-refractivity contribution in [3.05, 3.63) is 29.8 Å². The van der Waals surface area contributed by atoms with Crippen LogP contribution in [0, 0.1) is 6.92 Å². The smallest absolute Gasteiger partial charge is 0.173 e. The Balaban J connectivity index is 2.01. The van der Waals surface area contributed by atoms with Gasteiger partial charge in [-0.25, -0.2) is 0 Å². The van der Waals surface area contributed by atoms with Crippen molar-refractivity contribution in [3.8, 4) is 0 Å². The maximum atomic E-state index is 11.6. The zero-order valence-electron chi connectivity index (χ0n) is 7.62. The van der Waals surface area contributed by atoms with Crippen LogP contribution in [0.4, 0.5) is 0 Å². The highest BCUT2D eigenvalue weighted by Gasteiger charge is 2.27. The van der Waals surface area contributed by atoms with Gasteiger partial charge in [0.15, 0.2) is 4.90 Å². The lowest BCUT2D eigenvalue weighted by atomic mass is 10.2. The van der Waals surface area contributed by atoms with E-state index >= 15 is 0 Å². The molecule has 3 heteroatoms. The van der Waals surface area contributed by atoms with Crippen LogP contribution < -0.4 is 4.72 Å². The van der Waals surface area contributed by atoms with Gasteiger partial charge in [0.05, 0.1) is 17.4 Å².